The molecule has 0 atom stereocenters. The Labute approximate surface area is 165 Å². The van der Waals surface area contributed by atoms with Gasteiger partial charge in [0.2, 0.25) is 0 Å². The normalized spacial score (nSPS) is 15.9. The quantitative estimate of drug-likeness (QED) is 0.554. The van der Waals surface area contributed by atoms with Crippen LogP contribution in [0, 0.1) is 6.92 Å². The number of thiophene rings is 1. The summed E-state index contributed by atoms with van der Waals surface area (Å²) in [4.78, 5) is 11.8. The Hall–Kier alpha value is -2.71. The maximum Gasteiger partial charge on any atom is 0.182 e. The largest absolute Gasteiger partial charge is 0.504 e. The Morgan fingerprint density at radius 1 is 1.29 bits per heavy atom. The van der Waals surface area contributed by atoms with E-state index >= 15 is 0 Å². The number of nitrogens with zero attached hydrogens (tertiary/aromatic N) is 4. The molecule has 7 nitrogen and oxygen atoms in total. The van der Waals surface area contributed by atoms with Crippen LogP contribution in [0.5, 0.6) is 11.5 Å². The van der Waals surface area contributed by atoms with Gasteiger partial charge in [-0.3, -0.25) is 0 Å². The second-order valence-corrected chi connectivity index (χ2v) is 8.71. The van der Waals surface area contributed by atoms with Crippen LogP contribution in [0.15, 0.2) is 18.2 Å². The highest BCUT2D eigenvalue weighted by Crippen LogP contribution is 2.40. The van der Waals surface area contributed by atoms with Gasteiger partial charge in [0.25, 0.3) is 0 Å². The molecule has 1 aliphatic heterocycles. The second kappa shape index (κ2) is 5.89. The van der Waals surface area contributed by atoms with Crippen molar-refractivity contribution >= 4 is 27.2 Å². The van der Waals surface area contributed by atoms with Gasteiger partial charge < -0.3 is 14.6 Å². The van der Waals surface area contributed by atoms with Crippen LogP contribution in [-0.4, -0.2) is 37.4 Å². The Morgan fingerprint density at radius 2 is 2.11 bits per heavy atom. The predicted molar refractivity (Wildman–Crippen MR) is 107 cm³/mol. The first-order chi connectivity index (χ1) is 13.4. The third-order valence-corrected chi connectivity index (χ3v) is 6.21. The molecule has 1 aliphatic rings. The fraction of sp³-hybridized carbons (Fsp3) is 0.350. The summed E-state index contributed by atoms with van der Waals surface area (Å²) in [5.41, 5.74) is 2.63. The van der Waals surface area contributed by atoms with Crippen molar-refractivity contribution in [2.75, 3.05) is 7.11 Å². The molecule has 0 fully saturated rings. The second-order valence-electron chi connectivity index (χ2n) is 7.63. The van der Waals surface area contributed by atoms with Gasteiger partial charge in [0.1, 0.15) is 10.7 Å². The van der Waals surface area contributed by atoms with E-state index in [4.69, 9.17) is 19.4 Å². The minimum atomic E-state index is -0.212. The first kappa shape index (κ1) is 17.4. The highest BCUT2D eigenvalue weighted by molar-refractivity contribution is 7.19. The highest BCUT2D eigenvalue weighted by Gasteiger charge is 2.31. The summed E-state index contributed by atoms with van der Waals surface area (Å²) in [5.74, 6) is 1.83. The van der Waals surface area contributed by atoms with Crippen LogP contribution in [0.4, 0.5) is 0 Å². The number of ether oxygens (including phenoxy) is 2. The zero-order valence-electron chi connectivity index (χ0n) is 16.1. The average molecular weight is 396 g/mol. The lowest BCUT2D eigenvalue weighted by molar-refractivity contribution is -0.0379. The number of hydrogen-bond acceptors (Lipinski definition) is 7. The van der Waals surface area contributed by atoms with Gasteiger partial charge in [-0.2, -0.15) is 4.52 Å². The molecule has 4 aromatic rings. The van der Waals surface area contributed by atoms with E-state index in [-0.39, 0.29) is 11.4 Å². The van der Waals surface area contributed by atoms with Crippen molar-refractivity contribution < 1.29 is 14.6 Å². The van der Waals surface area contributed by atoms with Gasteiger partial charge in [-0.25, -0.2) is 9.97 Å². The van der Waals surface area contributed by atoms with Crippen LogP contribution >= 0.6 is 11.3 Å². The van der Waals surface area contributed by atoms with Crippen LogP contribution in [-0.2, 0) is 17.8 Å². The van der Waals surface area contributed by atoms with Crippen molar-refractivity contribution in [3.05, 3.63) is 34.5 Å². The Bertz CT molecular complexity index is 1240. The van der Waals surface area contributed by atoms with Crippen molar-refractivity contribution in [3.63, 3.8) is 0 Å². The molecule has 0 bridgehead atoms. The molecule has 0 saturated carbocycles. The summed E-state index contributed by atoms with van der Waals surface area (Å²) in [6.07, 6.45) is 0.817. The van der Waals surface area contributed by atoms with Crippen LogP contribution in [0.3, 0.4) is 0 Å². The number of phenolic OH excluding ortho intramolecular Hbond substituents is 1. The summed E-state index contributed by atoms with van der Waals surface area (Å²) < 4.78 is 13.0. The molecule has 3 aromatic heterocycles. The van der Waals surface area contributed by atoms with Gasteiger partial charge in [-0.15, -0.1) is 16.4 Å². The molecular formula is C20H20N4O3S. The lowest BCUT2D eigenvalue weighted by Crippen LogP contribution is -2.31. The molecule has 144 valence electrons. The van der Waals surface area contributed by atoms with E-state index in [1.54, 1.807) is 34.1 Å². The van der Waals surface area contributed by atoms with Crippen LogP contribution in [0.25, 0.3) is 27.3 Å². The van der Waals surface area contributed by atoms with Gasteiger partial charge in [0.05, 0.1) is 24.7 Å². The summed E-state index contributed by atoms with van der Waals surface area (Å²) in [6.45, 7) is 6.75. The molecule has 0 spiro atoms. The van der Waals surface area contributed by atoms with E-state index in [0.717, 1.165) is 33.7 Å². The Morgan fingerprint density at radius 3 is 2.89 bits per heavy atom. The number of hydrogen-bond donors (Lipinski definition) is 1. The van der Waals surface area contributed by atoms with Gasteiger partial charge in [0.15, 0.2) is 23.0 Å². The van der Waals surface area contributed by atoms with Crippen molar-refractivity contribution in [2.45, 2.75) is 39.4 Å². The number of methoxy groups -OCH3 is 1. The van der Waals surface area contributed by atoms with Crippen LogP contribution < -0.4 is 4.74 Å². The van der Waals surface area contributed by atoms with Gasteiger partial charge in [0, 0.05) is 16.9 Å². The Kier molecular flexibility index (Phi) is 3.66. The van der Waals surface area contributed by atoms with E-state index in [9.17, 15) is 5.11 Å². The first-order valence-electron chi connectivity index (χ1n) is 9.05. The van der Waals surface area contributed by atoms with Crippen molar-refractivity contribution in [1.29, 1.82) is 0 Å². The fourth-order valence-corrected chi connectivity index (χ4v) is 4.82. The Balaban J connectivity index is 1.76. The minimum absolute atomic E-state index is 0.0874. The zero-order chi connectivity index (χ0) is 19.6. The molecular weight excluding hydrogens is 376 g/mol. The van der Waals surface area contributed by atoms with Gasteiger partial charge >= 0.3 is 0 Å². The fourth-order valence-electron chi connectivity index (χ4n) is 3.68. The van der Waals surface area contributed by atoms with E-state index in [2.05, 4.69) is 18.9 Å². The van der Waals surface area contributed by atoms with Crippen molar-refractivity contribution in [3.8, 4) is 22.9 Å². The van der Waals surface area contributed by atoms with Crippen LogP contribution in [0.1, 0.15) is 30.1 Å². The number of fused-ring (bicyclic) bond motifs is 5. The molecule has 1 aromatic carbocycles. The van der Waals surface area contributed by atoms with E-state index in [1.807, 2.05) is 6.92 Å². The molecule has 28 heavy (non-hydrogen) atoms. The number of phenols is 1. The number of rotatable bonds is 2. The highest BCUT2D eigenvalue weighted by atomic mass is 32.1. The maximum atomic E-state index is 9.87. The molecule has 0 radical (unpaired) electrons. The van der Waals surface area contributed by atoms with Crippen LogP contribution in [0.2, 0.25) is 0 Å². The standard InChI is InChI=1S/C20H20N4O3S/c1-10-21-19-16(12-8-20(2,3)27-9-15(12)28-19)18-22-17(23-24(10)18)11-5-6-13(25)14(7-11)26-4/h5-7,25H,8-9H2,1-4H3. The first-order valence-corrected chi connectivity index (χ1v) is 9.87. The lowest BCUT2D eigenvalue weighted by Gasteiger charge is -2.30. The molecule has 4 heterocycles. The monoisotopic (exact) mass is 396 g/mol. The van der Waals surface area contributed by atoms with Crippen molar-refractivity contribution in [1.82, 2.24) is 19.6 Å². The van der Waals surface area contributed by atoms with E-state index in [0.29, 0.717) is 18.2 Å². The summed E-state index contributed by atoms with van der Waals surface area (Å²) in [5, 5.41) is 15.6. The average Bonchev–Trinajstić information content (AvgIpc) is 3.23. The number of aryl methyl sites for hydroxylation is 1. The maximum absolute atomic E-state index is 9.87. The molecule has 5 rings (SSSR count). The van der Waals surface area contributed by atoms with E-state index < -0.39 is 0 Å². The predicted octanol–water partition coefficient (Wildman–Crippen LogP) is 3.88. The van der Waals surface area contributed by atoms with Gasteiger partial charge in [-0.1, -0.05) is 0 Å². The van der Waals surface area contributed by atoms with Gasteiger partial charge in [-0.05, 0) is 44.5 Å². The third kappa shape index (κ3) is 2.56. The number of benzene rings is 1. The van der Waals surface area contributed by atoms with E-state index in [1.165, 1.54) is 17.6 Å². The molecule has 0 aliphatic carbocycles. The molecule has 0 amide bonds. The third-order valence-electron chi connectivity index (χ3n) is 5.11. The molecule has 8 heteroatoms. The number of aromatic nitrogens is 4. The minimum Gasteiger partial charge on any atom is -0.504 e. The number of aromatic hydroxyl groups is 1. The topological polar surface area (TPSA) is 81.8 Å². The lowest BCUT2D eigenvalue weighted by atomic mass is 9.94. The van der Waals surface area contributed by atoms with Crippen molar-refractivity contribution in [2.24, 2.45) is 0 Å². The molecule has 0 unspecified atom stereocenters. The smallest absolute Gasteiger partial charge is 0.182 e. The summed E-state index contributed by atoms with van der Waals surface area (Å²) in [6, 6.07) is 5.11. The molecule has 1 N–H and O–H groups in total. The summed E-state index contributed by atoms with van der Waals surface area (Å²) >= 11 is 1.67. The SMILES string of the molecule is COc1cc(-c2nc3c4c5c(sc4nc(C)n3n2)COC(C)(C)C5)ccc1O. The summed E-state index contributed by atoms with van der Waals surface area (Å²) in [7, 11) is 1.52. The zero-order valence-corrected chi connectivity index (χ0v) is 16.9. The molecule has 0 saturated heterocycles.